The van der Waals surface area contributed by atoms with Crippen LogP contribution in [0.15, 0.2) is 58.5 Å². The number of thiophene rings is 1. The number of hydrogen-bond acceptors (Lipinski definition) is 5. The number of nitrogens with zero attached hydrogens (tertiary/aromatic N) is 2. The average Bonchev–Trinajstić information content (AvgIpc) is 3.34. The minimum Gasteiger partial charge on any atom is -0.439 e. The van der Waals surface area contributed by atoms with Gasteiger partial charge in [0.25, 0.3) is 5.91 Å². The summed E-state index contributed by atoms with van der Waals surface area (Å²) < 4.78 is 5.70. The Labute approximate surface area is 148 Å². The van der Waals surface area contributed by atoms with Crippen LogP contribution in [0.25, 0.3) is 11.3 Å². The fourth-order valence-corrected chi connectivity index (χ4v) is 3.66. The molecule has 126 valence electrons. The molecule has 2 aromatic heterocycles. The number of urea groups is 1. The van der Waals surface area contributed by atoms with Crippen LogP contribution in [0.2, 0.25) is 0 Å². The summed E-state index contributed by atoms with van der Waals surface area (Å²) in [6.07, 6.45) is 1.60. The number of oxazole rings is 1. The summed E-state index contributed by atoms with van der Waals surface area (Å²) >= 11 is 1.43. The average molecular weight is 353 g/mol. The van der Waals surface area contributed by atoms with Crippen molar-refractivity contribution >= 4 is 23.3 Å². The van der Waals surface area contributed by atoms with Crippen molar-refractivity contribution in [3.05, 3.63) is 64.8 Å². The zero-order valence-corrected chi connectivity index (χ0v) is 14.2. The number of aromatic nitrogens is 1. The van der Waals surface area contributed by atoms with Crippen LogP contribution in [-0.4, -0.2) is 21.8 Å². The summed E-state index contributed by atoms with van der Waals surface area (Å²) in [5.74, 6) is 0.612. The van der Waals surface area contributed by atoms with Crippen LogP contribution in [0.1, 0.15) is 17.7 Å². The van der Waals surface area contributed by atoms with Gasteiger partial charge in [0.1, 0.15) is 6.54 Å². The minimum atomic E-state index is -1.04. The fourth-order valence-electron chi connectivity index (χ4n) is 2.83. The number of hydrogen-bond donors (Lipinski definition) is 1. The monoisotopic (exact) mass is 353 g/mol. The summed E-state index contributed by atoms with van der Waals surface area (Å²) in [6, 6.07) is 12.8. The molecule has 7 heteroatoms. The predicted molar refractivity (Wildman–Crippen MR) is 92.7 cm³/mol. The quantitative estimate of drug-likeness (QED) is 0.730. The molecule has 0 aliphatic carbocycles. The van der Waals surface area contributed by atoms with E-state index >= 15 is 0 Å². The summed E-state index contributed by atoms with van der Waals surface area (Å²) in [4.78, 5) is 31.2. The highest BCUT2D eigenvalue weighted by Crippen LogP contribution is 2.32. The molecule has 3 aromatic rings. The lowest BCUT2D eigenvalue weighted by atomic mass is 10.0. The third-order valence-corrected chi connectivity index (χ3v) is 5.29. The Balaban J connectivity index is 1.56. The molecule has 0 saturated carbocycles. The molecule has 0 bridgehead atoms. The van der Waals surface area contributed by atoms with E-state index in [0.717, 1.165) is 15.3 Å². The van der Waals surface area contributed by atoms with Gasteiger partial charge in [-0.2, -0.15) is 0 Å². The number of nitrogens with one attached hydrogen (secondary N) is 1. The van der Waals surface area contributed by atoms with Gasteiger partial charge in [-0.15, -0.1) is 11.3 Å². The van der Waals surface area contributed by atoms with Crippen LogP contribution in [0.4, 0.5) is 4.79 Å². The molecule has 1 fully saturated rings. The van der Waals surface area contributed by atoms with Crippen molar-refractivity contribution in [3.8, 4) is 11.3 Å². The summed E-state index contributed by atoms with van der Waals surface area (Å²) in [5.41, 5.74) is -0.151. The van der Waals surface area contributed by atoms with Crippen LogP contribution >= 0.6 is 11.3 Å². The van der Waals surface area contributed by atoms with Gasteiger partial charge in [-0.3, -0.25) is 9.69 Å². The highest BCUT2D eigenvalue weighted by Gasteiger charge is 2.49. The molecule has 1 aliphatic rings. The Morgan fingerprint density at radius 1 is 1.20 bits per heavy atom. The van der Waals surface area contributed by atoms with E-state index in [1.165, 1.54) is 11.3 Å². The second-order valence-electron chi connectivity index (χ2n) is 5.91. The lowest BCUT2D eigenvalue weighted by molar-refractivity contribution is -0.131. The van der Waals surface area contributed by atoms with E-state index in [1.807, 2.05) is 47.8 Å². The molecule has 3 amide bonds. The van der Waals surface area contributed by atoms with Crippen LogP contribution in [0, 0.1) is 0 Å². The maximum Gasteiger partial charge on any atom is 0.325 e. The fraction of sp³-hybridized carbons (Fsp3) is 0.167. The Kier molecular flexibility index (Phi) is 3.65. The summed E-state index contributed by atoms with van der Waals surface area (Å²) in [6.45, 7) is 1.71. The second-order valence-corrected chi connectivity index (χ2v) is 6.86. The first kappa shape index (κ1) is 15.6. The van der Waals surface area contributed by atoms with Crippen molar-refractivity contribution < 1.29 is 14.0 Å². The zero-order chi connectivity index (χ0) is 17.4. The first-order chi connectivity index (χ1) is 12.1. The van der Waals surface area contributed by atoms with E-state index in [0.29, 0.717) is 11.7 Å². The molecule has 1 saturated heterocycles. The van der Waals surface area contributed by atoms with Gasteiger partial charge >= 0.3 is 6.03 Å². The van der Waals surface area contributed by atoms with Gasteiger partial charge in [0, 0.05) is 10.4 Å². The highest BCUT2D eigenvalue weighted by atomic mass is 32.1. The summed E-state index contributed by atoms with van der Waals surface area (Å²) in [7, 11) is 0. The number of carbonyl (C=O) groups is 2. The van der Waals surface area contributed by atoms with Gasteiger partial charge in [0.05, 0.1) is 6.20 Å². The van der Waals surface area contributed by atoms with Gasteiger partial charge in [-0.05, 0) is 18.4 Å². The minimum absolute atomic E-state index is 0.00152. The van der Waals surface area contributed by atoms with Gasteiger partial charge in [-0.1, -0.05) is 36.4 Å². The second kappa shape index (κ2) is 5.86. The van der Waals surface area contributed by atoms with Crippen molar-refractivity contribution in [3.63, 3.8) is 0 Å². The normalized spacial score (nSPS) is 20.1. The maximum absolute atomic E-state index is 12.8. The zero-order valence-electron chi connectivity index (χ0n) is 13.4. The molecule has 6 nitrogen and oxygen atoms in total. The molecule has 3 heterocycles. The van der Waals surface area contributed by atoms with Crippen LogP contribution in [0.3, 0.4) is 0 Å². The number of rotatable bonds is 4. The van der Waals surface area contributed by atoms with Crippen LogP contribution < -0.4 is 5.32 Å². The third-order valence-electron chi connectivity index (χ3n) is 4.19. The largest absolute Gasteiger partial charge is 0.439 e. The first-order valence-electron chi connectivity index (χ1n) is 7.76. The Hall–Kier alpha value is -2.93. The molecular formula is C18H15N3O3S. The molecule has 25 heavy (non-hydrogen) atoms. The van der Waals surface area contributed by atoms with Gasteiger partial charge in [0.2, 0.25) is 5.89 Å². The van der Waals surface area contributed by atoms with E-state index in [-0.39, 0.29) is 12.5 Å². The number of imide groups is 1. The SMILES string of the molecule is CC1(c2cccs2)NC(=O)N(Cc2ncc(-c3ccccc3)o2)C1=O. The van der Waals surface area contributed by atoms with Crippen molar-refractivity contribution in [1.82, 2.24) is 15.2 Å². The van der Waals surface area contributed by atoms with Gasteiger partial charge < -0.3 is 9.73 Å². The van der Waals surface area contributed by atoms with Gasteiger partial charge in [-0.25, -0.2) is 9.78 Å². The third kappa shape index (κ3) is 2.62. The van der Waals surface area contributed by atoms with E-state index in [9.17, 15) is 9.59 Å². The van der Waals surface area contributed by atoms with Gasteiger partial charge in [0.15, 0.2) is 11.3 Å². The topological polar surface area (TPSA) is 75.4 Å². The number of benzene rings is 1. The highest BCUT2D eigenvalue weighted by molar-refractivity contribution is 7.10. The molecule has 4 rings (SSSR count). The Bertz CT molecular complexity index is 920. The molecule has 1 atom stereocenters. The maximum atomic E-state index is 12.8. The molecule has 1 N–H and O–H groups in total. The van der Waals surface area contributed by atoms with Crippen molar-refractivity contribution in [2.45, 2.75) is 19.0 Å². The Morgan fingerprint density at radius 3 is 2.72 bits per heavy atom. The van der Waals surface area contributed by atoms with E-state index < -0.39 is 11.6 Å². The van der Waals surface area contributed by atoms with Crippen LogP contribution in [0.5, 0.6) is 0 Å². The molecule has 1 aliphatic heterocycles. The lowest BCUT2D eigenvalue weighted by Gasteiger charge is -2.19. The standard InChI is InChI=1S/C18H15N3O3S/c1-18(14-8-5-9-25-14)16(22)21(17(23)20-18)11-15-19-10-13(24-15)12-6-3-2-4-7-12/h2-10H,11H2,1H3,(H,20,23). The number of carbonyl (C=O) groups excluding carboxylic acids is 2. The van der Waals surface area contributed by atoms with Crippen molar-refractivity contribution in [1.29, 1.82) is 0 Å². The first-order valence-corrected chi connectivity index (χ1v) is 8.64. The summed E-state index contributed by atoms with van der Waals surface area (Å²) in [5, 5.41) is 4.65. The molecule has 0 spiro atoms. The Morgan fingerprint density at radius 2 is 2.00 bits per heavy atom. The van der Waals surface area contributed by atoms with Crippen LogP contribution in [-0.2, 0) is 16.9 Å². The van der Waals surface area contributed by atoms with Crippen molar-refractivity contribution in [2.75, 3.05) is 0 Å². The molecular weight excluding hydrogens is 338 g/mol. The predicted octanol–water partition coefficient (Wildman–Crippen LogP) is 3.37. The molecule has 1 aromatic carbocycles. The molecule has 0 radical (unpaired) electrons. The number of amides is 3. The molecule has 1 unspecified atom stereocenters. The van der Waals surface area contributed by atoms with E-state index in [4.69, 9.17) is 4.42 Å². The van der Waals surface area contributed by atoms with E-state index in [1.54, 1.807) is 13.1 Å². The smallest absolute Gasteiger partial charge is 0.325 e. The lowest BCUT2D eigenvalue weighted by Crippen LogP contribution is -2.40. The van der Waals surface area contributed by atoms with E-state index in [2.05, 4.69) is 10.3 Å². The van der Waals surface area contributed by atoms with Crippen molar-refractivity contribution in [2.24, 2.45) is 0 Å².